The third-order valence-electron chi connectivity index (χ3n) is 5.92. The summed E-state index contributed by atoms with van der Waals surface area (Å²) in [6.45, 7) is 7.02. The van der Waals surface area contributed by atoms with E-state index in [2.05, 4.69) is 51.0 Å². The van der Waals surface area contributed by atoms with Crippen molar-refractivity contribution in [2.75, 3.05) is 58.5 Å². The molecule has 31 heavy (non-hydrogen) atoms. The fourth-order valence-corrected chi connectivity index (χ4v) is 4.20. The summed E-state index contributed by atoms with van der Waals surface area (Å²) in [7, 11) is 3.71. The SMILES string of the molecule is COc1nc(N2CCOCC2)cc(-n2ncc3cc(C)c(OC4CCN(C)C4)cc32)n1. The number of likely N-dealkylation sites (N-methyl/N-ethyl adjacent to an activating group) is 1. The van der Waals surface area contributed by atoms with Gasteiger partial charge in [-0.3, -0.25) is 0 Å². The maximum Gasteiger partial charge on any atom is 0.320 e. The normalized spacial score (nSPS) is 19.8. The van der Waals surface area contributed by atoms with Gasteiger partial charge in [0.2, 0.25) is 0 Å². The zero-order chi connectivity index (χ0) is 21.4. The first kappa shape index (κ1) is 20.0. The van der Waals surface area contributed by atoms with E-state index in [0.29, 0.717) is 25.0 Å². The number of nitrogens with zero attached hydrogens (tertiary/aromatic N) is 6. The predicted molar refractivity (Wildman–Crippen MR) is 118 cm³/mol. The van der Waals surface area contributed by atoms with Crippen molar-refractivity contribution < 1.29 is 14.2 Å². The third kappa shape index (κ3) is 4.03. The van der Waals surface area contributed by atoms with Gasteiger partial charge >= 0.3 is 6.01 Å². The van der Waals surface area contributed by atoms with E-state index in [1.807, 2.05) is 16.9 Å². The molecule has 0 radical (unpaired) electrons. The number of morpholine rings is 1. The molecule has 0 bridgehead atoms. The molecule has 2 aliphatic heterocycles. The van der Waals surface area contributed by atoms with Crippen LogP contribution < -0.4 is 14.4 Å². The van der Waals surface area contributed by atoms with Gasteiger partial charge in [-0.1, -0.05) is 0 Å². The lowest BCUT2D eigenvalue weighted by Gasteiger charge is -2.28. The molecule has 1 aromatic carbocycles. The smallest absolute Gasteiger partial charge is 0.320 e. The summed E-state index contributed by atoms with van der Waals surface area (Å²) in [4.78, 5) is 13.6. The van der Waals surface area contributed by atoms with Crippen molar-refractivity contribution in [3.05, 3.63) is 30.0 Å². The number of anilines is 1. The Morgan fingerprint density at radius 1 is 1.06 bits per heavy atom. The van der Waals surface area contributed by atoms with Gasteiger partial charge in [-0.05, 0) is 32.0 Å². The minimum Gasteiger partial charge on any atom is -0.489 e. The number of fused-ring (bicyclic) bond motifs is 1. The second-order valence-corrected chi connectivity index (χ2v) is 8.19. The molecule has 9 heteroatoms. The fraction of sp³-hybridized carbons (Fsp3) is 0.500. The van der Waals surface area contributed by atoms with E-state index in [9.17, 15) is 0 Å². The highest BCUT2D eigenvalue weighted by molar-refractivity contribution is 5.83. The van der Waals surface area contributed by atoms with Crippen molar-refractivity contribution in [3.8, 4) is 17.6 Å². The average Bonchev–Trinajstić information content (AvgIpc) is 3.39. The Balaban J connectivity index is 1.52. The van der Waals surface area contributed by atoms with Crippen molar-refractivity contribution in [2.24, 2.45) is 0 Å². The van der Waals surface area contributed by atoms with Crippen molar-refractivity contribution >= 4 is 16.7 Å². The van der Waals surface area contributed by atoms with Crippen molar-refractivity contribution in [2.45, 2.75) is 19.4 Å². The largest absolute Gasteiger partial charge is 0.489 e. The van der Waals surface area contributed by atoms with Crippen LogP contribution in [0.4, 0.5) is 5.82 Å². The van der Waals surface area contributed by atoms with E-state index >= 15 is 0 Å². The van der Waals surface area contributed by atoms with Crippen LogP contribution in [0.2, 0.25) is 0 Å². The van der Waals surface area contributed by atoms with Gasteiger partial charge in [-0.25, -0.2) is 4.68 Å². The number of aryl methyl sites for hydroxylation is 1. The monoisotopic (exact) mass is 424 g/mol. The number of hydrogen-bond donors (Lipinski definition) is 0. The van der Waals surface area contributed by atoms with E-state index in [0.717, 1.165) is 60.6 Å². The maximum atomic E-state index is 6.35. The summed E-state index contributed by atoms with van der Waals surface area (Å²) in [5.41, 5.74) is 2.05. The molecule has 5 rings (SSSR count). The molecule has 0 amide bonds. The molecule has 1 atom stereocenters. The minimum atomic E-state index is 0.213. The van der Waals surface area contributed by atoms with E-state index in [1.165, 1.54) is 0 Å². The van der Waals surface area contributed by atoms with Gasteiger partial charge in [0, 0.05) is 43.7 Å². The Morgan fingerprint density at radius 3 is 2.61 bits per heavy atom. The number of ether oxygens (including phenoxy) is 3. The highest BCUT2D eigenvalue weighted by Crippen LogP contribution is 2.30. The van der Waals surface area contributed by atoms with Gasteiger partial charge in [0.05, 0.1) is 32.0 Å². The van der Waals surface area contributed by atoms with Crippen molar-refractivity contribution in [1.29, 1.82) is 0 Å². The Labute approximate surface area is 181 Å². The molecule has 3 aromatic rings. The summed E-state index contributed by atoms with van der Waals surface area (Å²) in [6.07, 6.45) is 3.11. The zero-order valence-electron chi connectivity index (χ0n) is 18.2. The van der Waals surface area contributed by atoms with Crippen LogP contribution in [0.1, 0.15) is 12.0 Å². The third-order valence-corrected chi connectivity index (χ3v) is 5.92. The van der Waals surface area contributed by atoms with E-state index in [4.69, 9.17) is 14.2 Å². The number of likely N-dealkylation sites (tertiary alicyclic amines) is 1. The van der Waals surface area contributed by atoms with Crippen LogP contribution in [0.3, 0.4) is 0 Å². The molecule has 1 unspecified atom stereocenters. The lowest BCUT2D eigenvalue weighted by atomic mass is 10.1. The Morgan fingerprint density at radius 2 is 1.87 bits per heavy atom. The number of aromatic nitrogens is 4. The average molecular weight is 425 g/mol. The lowest BCUT2D eigenvalue weighted by Crippen LogP contribution is -2.36. The molecule has 2 saturated heterocycles. The second kappa shape index (κ2) is 8.32. The first-order valence-electron chi connectivity index (χ1n) is 10.7. The molecule has 2 aromatic heterocycles. The molecular formula is C22H28N6O3. The number of rotatable bonds is 5. The van der Waals surface area contributed by atoms with E-state index in [-0.39, 0.29) is 6.10 Å². The summed E-state index contributed by atoms with van der Waals surface area (Å²) >= 11 is 0. The molecule has 2 fully saturated rings. The van der Waals surface area contributed by atoms with Crippen molar-refractivity contribution in [1.82, 2.24) is 24.6 Å². The molecule has 9 nitrogen and oxygen atoms in total. The summed E-state index contributed by atoms with van der Waals surface area (Å²) in [6, 6.07) is 6.46. The molecule has 2 aliphatic rings. The van der Waals surface area contributed by atoms with Crippen LogP contribution in [0.15, 0.2) is 24.4 Å². The first-order valence-corrected chi connectivity index (χ1v) is 10.7. The quantitative estimate of drug-likeness (QED) is 0.616. The summed E-state index contributed by atoms with van der Waals surface area (Å²) in [5.74, 6) is 2.37. The van der Waals surface area contributed by atoms with Crippen molar-refractivity contribution in [3.63, 3.8) is 0 Å². The predicted octanol–water partition coefficient (Wildman–Crippen LogP) is 2.05. The van der Waals surface area contributed by atoms with Gasteiger partial charge in [0.1, 0.15) is 17.7 Å². The van der Waals surface area contributed by atoms with Crippen LogP contribution in [0, 0.1) is 6.92 Å². The van der Waals surface area contributed by atoms with Crippen LogP contribution in [-0.2, 0) is 4.74 Å². The molecule has 164 valence electrons. The topological polar surface area (TPSA) is 77.8 Å². The second-order valence-electron chi connectivity index (χ2n) is 8.19. The molecule has 0 N–H and O–H groups in total. The molecule has 0 saturated carbocycles. The van der Waals surface area contributed by atoms with Crippen LogP contribution in [0.25, 0.3) is 16.7 Å². The number of methoxy groups -OCH3 is 1. The molecular weight excluding hydrogens is 396 g/mol. The van der Waals surface area contributed by atoms with E-state index < -0.39 is 0 Å². The number of benzene rings is 1. The zero-order valence-corrected chi connectivity index (χ0v) is 18.2. The van der Waals surface area contributed by atoms with Gasteiger partial charge in [-0.2, -0.15) is 15.1 Å². The van der Waals surface area contributed by atoms with Crippen LogP contribution >= 0.6 is 0 Å². The Bertz CT molecular complexity index is 1080. The Hall–Kier alpha value is -2.91. The molecule has 4 heterocycles. The van der Waals surface area contributed by atoms with E-state index in [1.54, 1.807) is 7.11 Å². The summed E-state index contributed by atoms with van der Waals surface area (Å²) in [5, 5.41) is 5.66. The highest BCUT2D eigenvalue weighted by Gasteiger charge is 2.22. The molecule has 0 aliphatic carbocycles. The summed E-state index contributed by atoms with van der Waals surface area (Å²) < 4.78 is 19.0. The first-order chi connectivity index (χ1) is 15.1. The van der Waals surface area contributed by atoms with Gasteiger partial charge < -0.3 is 24.0 Å². The number of hydrogen-bond acceptors (Lipinski definition) is 8. The minimum absolute atomic E-state index is 0.213. The van der Waals surface area contributed by atoms with Crippen LogP contribution in [-0.4, -0.2) is 84.3 Å². The highest BCUT2D eigenvalue weighted by atomic mass is 16.5. The van der Waals surface area contributed by atoms with Crippen LogP contribution in [0.5, 0.6) is 11.8 Å². The molecule has 0 spiro atoms. The Kier molecular flexibility index (Phi) is 5.37. The maximum absolute atomic E-state index is 6.35. The lowest BCUT2D eigenvalue weighted by molar-refractivity contribution is 0.122. The van der Waals surface area contributed by atoms with Gasteiger partial charge in [0.15, 0.2) is 5.82 Å². The van der Waals surface area contributed by atoms with Gasteiger partial charge in [-0.15, -0.1) is 0 Å². The standard InChI is InChI=1S/C22H28N6O3/c1-15-10-16-13-23-28(18(16)11-19(15)31-17-4-5-26(2)14-17)21-12-20(24-22(25-21)29-3)27-6-8-30-9-7-27/h10-13,17H,4-9,14H2,1-3H3. The van der Waals surface area contributed by atoms with Gasteiger partial charge in [0.25, 0.3) is 0 Å². The fourth-order valence-electron chi connectivity index (χ4n) is 4.20.